The molecule has 212 valence electrons. The third kappa shape index (κ3) is 6.18. The number of nitrogens with two attached hydrogens (primary N) is 3. The molecule has 3 aromatic rings. The molecule has 2 aliphatic heterocycles. The highest BCUT2D eigenvalue weighted by Crippen LogP contribution is 2.30. The van der Waals surface area contributed by atoms with Crippen LogP contribution in [0.15, 0.2) is 42.5 Å². The van der Waals surface area contributed by atoms with Gasteiger partial charge in [0.25, 0.3) is 5.91 Å². The third-order valence-electron chi connectivity index (χ3n) is 7.03. The van der Waals surface area contributed by atoms with Gasteiger partial charge in [-0.2, -0.15) is 15.0 Å². The minimum atomic E-state index is -0.592. The summed E-state index contributed by atoms with van der Waals surface area (Å²) in [5.41, 5.74) is 19.5. The van der Waals surface area contributed by atoms with Crippen LogP contribution in [0.25, 0.3) is 0 Å². The Morgan fingerprint density at radius 2 is 1.75 bits per heavy atom. The predicted molar refractivity (Wildman–Crippen MR) is 154 cm³/mol. The van der Waals surface area contributed by atoms with Crippen LogP contribution in [0.3, 0.4) is 0 Å². The number of rotatable bonds is 7. The minimum absolute atomic E-state index is 0.127. The molecule has 1 amide bonds. The second-order valence-electron chi connectivity index (χ2n) is 10.1. The first kappa shape index (κ1) is 27.8. The van der Waals surface area contributed by atoms with Crippen LogP contribution in [0, 0.1) is 0 Å². The number of benzene rings is 2. The largest absolute Gasteiger partial charge is 0.506 e. The number of amides is 1. The van der Waals surface area contributed by atoms with E-state index in [1.54, 1.807) is 36.4 Å². The lowest BCUT2D eigenvalue weighted by molar-refractivity contribution is 0.102. The van der Waals surface area contributed by atoms with Crippen molar-refractivity contribution in [3.63, 3.8) is 0 Å². The van der Waals surface area contributed by atoms with Crippen molar-refractivity contribution in [2.75, 3.05) is 46.6 Å². The Hall–Kier alpha value is -3.75. The number of nitrogens with zero attached hydrogens (tertiary/aromatic N) is 5. The van der Waals surface area contributed by atoms with Crippen LogP contribution in [0.1, 0.15) is 23.2 Å². The van der Waals surface area contributed by atoms with Crippen molar-refractivity contribution in [1.29, 1.82) is 0 Å². The number of phenols is 1. The fraction of sp³-hybridized carbons (Fsp3) is 0.385. The highest BCUT2D eigenvalue weighted by atomic mass is 35.5. The Labute approximate surface area is 236 Å². The molecular weight excluding hydrogens is 536 g/mol. The van der Waals surface area contributed by atoms with E-state index in [1.165, 1.54) is 6.07 Å². The fourth-order valence-electron chi connectivity index (χ4n) is 5.03. The van der Waals surface area contributed by atoms with Crippen LogP contribution in [0.4, 0.5) is 29.2 Å². The van der Waals surface area contributed by atoms with Gasteiger partial charge in [0.15, 0.2) is 0 Å². The van der Waals surface area contributed by atoms with Crippen LogP contribution >= 0.6 is 11.6 Å². The van der Waals surface area contributed by atoms with Gasteiger partial charge in [-0.1, -0.05) is 11.6 Å². The lowest BCUT2D eigenvalue weighted by Crippen LogP contribution is -2.53. The first-order valence-electron chi connectivity index (χ1n) is 13.0. The van der Waals surface area contributed by atoms with Crippen LogP contribution in [-0.4, -0.2) is 81.5 Å². The van der Waals surface area contributed by atoms with Gasteiger partial charge in [-0.15, -0.1) is 0 Å². The maximum atomic E-state index is 12.6. The van der Waals surface area contributed by atoms with Crippen molar-refractivity contribution >= 4 is 46.7 Å². The van der Waals surface area contributed by atoms with E-state index in [1.807, 2.05) is 9.80 Å². The number of carbonyl (C=O) groups is 1. The van der Waals surface area contributed by atoms with Gasteiger partial charge in [0.1, 0.15) is 5.75 Å². The van der Waals surface area contributed by atoms with Crippen molar-refractivity contribution in [3.8, 4) is 5.75 Å². The van der Waals surface area contributed by atoms with Gasteiger partial charge in [-0.3, -0.25) is 4.79 Å². The molecular formula is C26H33ClN10O3. The summed E-state index contributed by atoms with van der Waals surface area (Å²) in [6.45, 7) is 1.83. The molecule has 0 spiro atoms. The van der Waals surface area contributed by atoms with Gasteiger partial charge in [-0.05, 0) is 49.2 Å². The number of halogens is 1. The zero-order chi connectivity index (χ0) is 28.4. The summed E-state index contributed by atoms with van der Waals surface area (Å²) < 4.78 is 0. The van der Waals surface area contributed by atoms with E-state index < -0.39 is 6.10 Å². The zero-order valence-electron chi connectivity index (χ0n) is 21.7. The Bertz CT molecular complexity index is 1350. The number of hydrogen-bond acceptors (Lipinski definition) is 12. The maximum absolute atomic E-state index is 12.6. The molecule has 2 aromatic carbocycles. The van der Waals surface area contributed by atoms with E-state index in [0.717, 1.165) is 0 Å². The highest BCUT2D eigenvalue weighted by molar-refractivity contribution is 6.30. The lowest BCUT2D eigenvalue weighted by atomic mass is 10.0. The van der Waals surface area contributed by atoms with Gasteiger partial charge in [0.05, 0.1) is 17.8 Å². The number of piperidine rings is 1. The van der Waals surface area contributed by atoms with Crippen LogP contribution in [-0.2, 0) is 0 Å². The molecule has 40 heavy (non-hydrogen) atoms. The molecule has 4 atom stereocenters. The highest BCUT2D eigenvalue weighted by Gasteiger charge is 2.35. The van der Waals surface area contributed by atoms with Crippen molar-refractivity contribution in [2.45, 2.75) is 37.1 Å². The smallest absolute Gasteiger partial charge is 0.255 e. The van der Waals surface area contributed by atoms with Crippen molar-refractivity contribution in [1.82, 2.24) is 15.0 Å². The SMILES string of the molecule is NC[C@H]1[C@@H](O)CCN1c1nc(Nc2ccc(NC(=O)c3ccc(Cl)cc3)c(O)c2)nc(N2C[C@H](N)C[C@H](N)C2)n1. The quantitative estimate of drug-likeness (QED) is 0.199. The maximum Gasteiger partial charge on any atom is 0.255 e. The molecule has 2 aliphatic rings. The molecule has 0 unspecified atom stereocenters. The summed E-state index contributed by atoms with van der Waals surface area (Å²) in [6, 6.07) is 10.5. The first-order valence-corrected chi connectivity index (χ1v) is 13.4. The summed E-state index contributed by atoms with van der Waals surface area (Å²) in [5, 5.41) is 27.4. The summed E-state index contributed by atoms with van der Waals surface area (Å²) in [6.07, 6.45) is 0.654. The van der Waals surface area contributed by atoms with Gasteiger partial charge < -0.3 is 47.8 Å². The molecule has 13 nitrogen and oxygen atoms in total. The third-order valence-corrected chi connectivity index (χ3v) is 7.28. The number of aromatic hydroxyl groups is 1. The number of aliphatic hydroxyl groups is 1. The fourth-order valence-corrected chi connectivity index (χ4v) is 5.16. The van der Waals surface area contributed by atoms with Crippen molar-refractivity contribution < 1.29 is 15.0 Å². The average Bonchev–Trinajstić information content (AvgIpc) is 3.30. The van der Waals surface area contributed by atoms with Gasteiger partial charge in [-0.25, -0.2) is 0 Å². The number of nitrogens with one attached hydrogen (secondary N) is 2. The van der Waals surface area contributed by atoms with E-state index in [-0.39, 0.29) is 48.0 Å². The Morgan fingerprint density at radius 3 is 2.42 bits per heavy atom. The second-order valence-corrected chi connectivity index (χ2v) is 10.5. The number of hydrogen-bond donors (Lipinski definition) is 7. The van der Waals surface area contributed by atoms with Gasteiger partial charge >= 0.3 is 0 Å². The molecule has 0 radical (unpaired) electrons. The van der Waals surface area contributed by atoms with Crippen LogP contribution in [0.2, 0.25) is 5.02 Å². The Kier molecular flexibility index (Phi) is 8.19. The van der Waals surface area contributed by atoms with E-state index in [0.29, 0.717) is 60.6 Å². The summed E-state index contributed by atoms with van der Waals surface area (Å²) in [4.78, 5) is 30.3. The molecule has 10 N–H and O–H groups in total. The summed E-state index contributed by atoms with van der Waals surface area (Å²) in [5.74, 6) is 0.442. The van der Waals surface area contributed by atoms with E-state index in [9.17, 15) is 15.0 Å². The van der Waals surface area contributed by atoms with Gasteiger partial charge in [0, 0.05) is 60.6 Å². The van der Waals surface area contributed by atoms with Gasteiger partial charge in [0.2, 0.25) is 17.8 Å². The molecule has 0 aliphatic carbocycles. The minimum Gasteiger partial charge on any atom is -0.506 e. The van der Waals surface area contributed by atoms with Crippen LogP contribution < -0.4 is 37.6 Å². The van der Waals surface area contributed by atoms with E-state index >= 15 is 0 Å². The van der Waals surface area contributed by atoms with Crippen molar-refractivity contribution in [2.24, 2.45) is 17.2 Å². The molecule has 5 rings (SSSR count). The number of aromatic nitrogens is 3. The Balaban J connectivity index is 1.40. The van der Waals surface area contributed by atoms with Crippen molar-refractivity contribution in [3.05, 3.63) is 53.1 Å². The second kappa shape index (κ2) is 11.8. The molecule has 2 fully saturated rings. The predicted octanol–water partition coefficient (Wildman–Crippen LogP) is 0.989. The number of carbonyl (C=O) groups excluding carboxylic acids is 1. The monoisotopic (exact) mass is 568 g/mol. The first-order chi connectivity index (χ1) is 19.2. The summed E-state index contributed by atoms with van der Waals surface area (Å²) >= 11 is 5.89. The molecule has 2 saturated heterocycles. The molecule has 0 saturated carbocycles. The number of anilines is 5. The number of aliphatic hydroxyl groups excluding tert-OH is 1. The zero-order valence-corrected chi connectivity index (χ0v) is 22.5. The average molecular weight is 569 g/mol. The molecule has 3 heterocycles. The normalized spacial score (nSPS) is 22.8. The number of phenolic OH excluding ortho intramolecular Hbond substituents is 1. The lowest BCUT2D eigenvalue weighted by Gasteiger charge is -2.35. The Morgan fingerprint density at radius 1 is 1.05 bits per heavy atom. The van der Waals surface area contributed by atoms with E-state index in [2.05, 4.69) is 25.6 Å². The van der Waals surface area contributed by atoms with Crippen LogP contribution in [0.5, 0.6) is 5.75 Å². The topological polar surface area (TPSA) is 205 Å². The standard InChI is InChI=1S/C26H33ClN10O3/c27-15-3-1-14(2-4-15)23(40)32-19-6-5-18(10-22(19)39)31-24-33-25(36-12-16(29)9-17(30)13-36)35-26(34-24)37-8-7-21(38)20(37)11-28/h1-6,10,16-17,20-21,38-39H,7-9,11-13,28-30H2,(H,32,40)(H,31,33,34,35)/t16-,17+,20-,21-/m0/s1. The summed E-state index contributed by atoms with van der Waals surface area (Å²) in [7, 11) is 0. The molecule has 14 heteroatoms. The molecule has 0 bridgehead atoms. The molecule has 1 aromatic heterocycles. The van der Waals surface area contributed by atoms with E-state index in [4.69, 9.17) is 28.8 Å².